The second kappa shape index (κ2) is 5.77. The Balaban J connectivity index is 1.87. The van der Waals surface area contributed by atoms with Crippen LogP contribution >= 0.6 is 0 Å². The predicted molar refractivity (Wildman–Crippen MR) is 95.4 cm³/mol. The number of nitrogens with zero attached hydrogens (tertiary/aromatic N) is 2. The van der Waals surface area contributed by atoms with Crippen LogP contribution in [0.2, 0.25) is 0 Å². The highest BCUT2D eigenvalue weighted by atomic mass is 32.2. The molecule has 0 spiro atoms. The molecule has 6 nitrogen and oxygen atoms in total. The minimum atomic E-state index is -3.72. The SMILES string of the molecule is Cn1c(=O)oc2ccc(S(=O)(=O)N3CCCCc4ccccc43)cc21. The lowest BCUT2D eigenvalue weighted by Crippen LogP contribution is -2.31. The molecule has 0 unspecified atom stereocenters. The molecule has 0 bridgehead atoms. The van der Waals surface area contributed by atoms with Crippen LogP contribution in [0.1, 0.15) is 18.4 Å². The number of benzene rings is 2. The van der Waals surface area contributed by atoms with E-state index in [4.69, 9.17) is 4.42 Å². The van der Waals surface area contributed by atoms with Crippen LogP contribution in [0.15, 0.2) is 56.6 Å². The molecule has 1 aliphatic rings. The molecule has 7 heteroatoms. The molecular weight excluding hydrogens is 340 g/mol. The van der Waals surface area contributed by atoms with E-state index >= 15 is 0 Å². The molecule has 4 rings (SSSR count). The van der Waals surface area contributed by atoms with Crippen LogP contribution in [0.25, 0.3) is 11.1 Å². The van der Waals surface area contributed by atoms with Crippen LogP contribution < -0.4 is 10.1 Å². The lowest BCUT2D eigenvalue weighted by Gasteiger charge is -2.24. The van der Waals surface area contributed by atoms with Gasteiger partial charge in [-0.25, -0.2) is 13.2 Å². The van der Waals surface area contributed by atoms with Gasteiger partial charge in [0.05, 0.1) is 16.1 Å². The Kier molecular flexibility index (Phi) is 3.68. The van der Waals surface area contributed by atoms with Crippen LogP contribution in [0.3, 0.4) is 0 Å². The molecule has 0 aliphatic carbocycles. The summed E-state index contributed by atoms with van der Waals surface area (Å²) >= 11 is 0. The van der Waals surface area contributed by atoms with Crippen molar-refractivity contribution in [3.63, 3.8) is 0 Å². The van der Waals surface area contributed by atoms with E-state index in [1.54, 1.807) is 7.05 Å². The summed E-state index contributed by atoms with van der Waals surface area (Å²) in [5, 5.41) is 0. The molecule has 1 aromatic heterocycles. The van der Waals surface area contributed by atoms with E-state index in [0.717, 1.165) is 30.5 Å². The standard InChI is InChI=1S/C18H18N2O4S/c1-19-16-12-14(9-10-17(16)24-18(19)21)25(22,23)20-11-5-4-7-13-6-2-3-8-15(13)20/h2-3,6,8-10,12H,4-5,7,11H2,1H3. The summed E-state index contributed by atoms with van der Waals surface area (Å²) in [5.74, 6) is -0.510. The fourth-order valence-corrected chi connectivity index (χ4v) is 4.86. The normalized spacial score (nSPS) is 15.2. The number of anilines is 1. The van der Waals surface area contributed by atoms with Gasteiger partial charge in [-0.2, -0.15) is 0 Å². The molecule has 130 valence electrons. The second-order valence-corrected chi connectivity index (χ2v) is 8.08. The van der Waals surface area contributed by atoms with Crippen LogP contribution in [0.4, 0.5) is 5.69 Å². The quantitative estimate of drug-likeness (QED) is 0.706. The molecule has 0 saturated carbocycles. The minimum absolute atomic E-state index is 0.160. The monoisotopic (exact) mass is 358 g/mol. The van der Waals surface area contributed by atoms with E-state index in [-0.39, 0.29) is 4.90 Å². The fraction of sp³-hybridized carbons (Fsp3) is 0.278. The number of oxazole rings is 1. The van der Waals surface area contributed by atoms with E-state index in [2.05, 4.69) is 0 Å². The van der Waals surface area contributed by atoms with Crippen LogP contribution in [0, 0.1) is 0 Å². The van der Waals surface area contributed by atoms with Crippen molar-refractivity contribution in [2.45, 2.75) is 24.2 Å². The number of hydrogen-bond acceptors (Lipinski definition) is 4. The summed E-state index contributed by atoms with van der Waals surface area (Å²) in [6.45, 7) is 0.446. The fourth-order valence-electron chi connectivity index (χ4n) is 3.30. The summed E-state index contributed by atoms with van der Waals surface area (Å²) in [5.41, 5.74) is 2.62. The molecule has 0 atom stereocenters. The maximum absolute atomic E-state index is 13.3. The third kappa shape index (κ3) is 2.55. The zero-order chi connectivity index (χ0) is 17.6. The summed E-state index contributed by atoms with van der Waals surface area (Å²) < 4.78 is 34.4. The van der Waals surface area contributed by atoms with Crippen molar-refractivity contribution in [2.75, 3.05) is 10.8 Å². The molecule has 2 heterocycles. The van der Waals surface area contributed by atoms with Crippen molar-refractivity contribution in [3.05, 3.63) is 58.6 Å². The summed E-state index contributed by atoms with van der Waals surface area (Å²) in [4.78, 5) is 11.8. The van der Waals surface area contributed by atoms with Crippen molar-refractivity contribution in [3.8, 4) is 0 Å². The smallest absolute Gasteiger partial charge is 0.408 e. The van der Waals surface area contributed by atoms with Crippen molar-refractivity contribution in [2.24, 2.45) is 7.05 Å². The molecule has 3 aromatic rings. The Labute approximate surface area is 145 Å². The Hall–Kier alpha value is -2.54. The first kappa shape index (κ1) is 16.0. The summed E-state index contributed by atoms with van der Waals surface area (Å²) in [7, 11) is -2.16. The van der Waals surface area contributed by atoms with Gasteiger partial charge in [0, 0.05) is 13.6 Å². The molecular formula is C18H18N2O4S. The van der Waals surface area contributed by atoms with Crippen molar-refractivity contribution >= 4 is 26.8 Å². The molecule has 1 aliphatic heterocycles. The zero-order valence-corrected chi connectivity index (χ0v) is 14.6. The van der Waals surface area contributed by atoms with Gasteiger partial charge in [-0.05, 0) is 49.1 Å². The van der Waals surface area contributed by atoms with Gasteiger partial charge in [-0.15, -0.1) is 0 Å². The van der Waals surface area contributed by atoms with Crippen LogP contribution in [0.5, 0.6) is 0 Å². The average molecular weight is 358 g/mol. The highest BCUT2D eigenvalue weighted by Gasteiger charge is 2.28. The number of para-hydroxylation sites is 1. The van der Waals surface area contributed by atoms with E-state index < -0.39 is 15.8 Å². The van der Waals surface area contributed by atoms with Crippen LogP contribution in [-0.2, 0) is 23.5 Å². The highest BCUT2D eigenvalue weighted by Crippen LogP contribution is 2.31. The molecule has 0 saturated heterocycles. The lowest BCUT2D eigenvalue weighted by atomic mass is 10.1. The average Bonchev–Trinajstić information content (AvgIpc) is 2.78. The highest BCUT2D eigenvalue weighted by molar-refractivity contribution is 7.92. The number of sulfonamides is 1. The van der Waals surface area contributed by atoms with Crippen LogP contribution in [-0.4, -0.2) is 19.5 Å². The molecule has 25 heavy (non-hydrogen) atoms. The number of rotatable bonds is 2. The largest absolute Gasteiger partial charge is 0.419 e. The second-order valence-electron chi connectivity index (χ2n) is 6.22. The molecule has 0 fully saturated rings. The summed E-state index contributed by atoms with van der Waals surface area (Å²) in [6, 6.07) is 12.2. The van der Waals surface area contributed by atoms with Gasteiger partial charge in [0.25, 0.3) is 10.0 Å². The minimum Gasteiger partial charge on any atom is -0.408 e. The van der Waals surface area contributed by atoms with Gasteiger partial charge < -0.3 is 4.42 Å². The number of hydrogen-bond donors (Lipinski definition) is 0. The van der Waals surface area contributed by atoms with Gasteiger partial charge >= 0.3 is 5.76 Å². The first-order valence-electron chi connectivity index (χ1n) is 8.19. The Morgan fingerprint density at radius 1 is 1.08 bits per heavy atom. The van der Waals surface area contributed by atoms with Crippen molar-refractivity contribution in [1.82, 2.24) is 4.57 Å². The predicted octanol–water partition coefficient (Wildman–Crippen LogP) is 2.66. The number of aryl methyl sites for hydroxylation is 2. The molecule has 2 aromatic carbocycles. The van der Waals surface area contributed by atoms with Crippen molar-refractivity contribution in [1.29, 1.82) is 0 Å². The molecule has 0 N–H and O–H groups in total. The Morgan fingerprint density at radius 3 is 2.72 bits per heavy atom. The van der Waals surface area contributed by atoms with Gasteiger partial charge in [0.1, 0.15) is 0 Å². The first-order chi connectivity index (χ1) is 12.0. The summed E-state index contributed by atoms with van der Waals surface area (Å²) in [6.07, 6.45) is 2.64. The maximum atomic E-state index is 13.3. The van der Waals surface area contributed by atoms with Gasteiger partial charge in [0.15, 0.2) is 5.58 Å². The number of fused-ring (bicyclic) bond motifs is 2. The first-order valence-corrected chi connectivity index (χ1v) is 9.63. The van der Waals surface area contributed by atoms with E-state index in [1.165, 1.54) is 27.1 Å². The topological polar surface area (TPSA) is 72.5 Å². The molecule has 0 amide bonds. The third-order valence-electron chi connectivity index (χ3n) is 4.67. The van der Waals surface area contributed by atoms with E-state index in [1.807, 2.05) is 24.3 Å². The Bertz CT molecular complexity index is 1110. The van der Waals surface area contributed by atoms with Gasteiger partial charge in [-0.3, -0.25) is 8.87 Å². The maximum Gasteiger partial charge on any atom is 0.419 e. The Morgan fingerprint density at radius 2 is 1.88 bits per heavy atom. The third-order valence-corrected chi connectivity index (χ3v) is 6.48. The van der Waals surface area contributed by atoms with Gasteiger partial charge in [0.2, 0.25) is 0 Å². The number of aromatic nitrogens is 1. The lowest BCUT2D eigenvalue weighted by molar-refractivity contribution is 0.528. The van der Waals surface area contributed by atoms with Gasteiger partial charge in [-0.1, -0.05) is 18.2 Å². The molecule has 0 radical (unpaired) electrons. The zero-order valence-electron chi connectivity index (χ0n) is 13.8. The van der Waals surface area contributed by atoms with Crippen molar-refractivity contribution < 1.29 is 12.8 Å². The van der Waals surface area contributed by atoms with E-state index in [0.29, 0.717) is 17.6 Å². The van der Waals surface area contributed by atoms with E-state index in [9.17, 15) is 13.2 Å².